The quantitative estimate of drug-likeness (QED) is 0.0373. The minimum atomic E-state index is -0.782. The van der Waals surface area contributed by atoms with Gasteiger partial charge >= 0.3 is 11.9 Å². The van der Waals surface area contributed by atoms with E-state index in [9.17, 15) is 14.7 Å². The van der Waals surface area contributed by atoms with Crippen LogP contribution in [-0.2, 0) is 19.1 Å². The number of allylic oxidation sites excluding steroid dienone is 18. The zero-order chi connectivity index (χ0) is 50.6. The van der Waals surface area contributed by atoms with E-state index in [0.717, 1.165) is 109 Å². The maximum Gasteiger partial charge on any atom is 0.306 e. The van der Waals surface area contributed by atoms with Crippen molar-refractivity contribution < 1.29 is 24.2 Å². The van der Waals surface area contributed by atoms with E-state index in [1.807, 2.05) is 0 Å². The van der Waals surface area contributed by atoms with Gasteiger partial charge in [-0.15, -0.1) is 0 Å². The molecule has 1 atom stereocenters. The molecule has 0 spiro atoms. The first-order valence-electron chi connectivity index (χ1n) is 29.4. The van der Waals surface area contributed by atoms with Crippen molar-refractivity contribution >= 4 is 11.9 Å². The summed E-state index contributed by atoms with van der Waals surface area (Å²) in [4.78, 5) is 24.5. The molecule has 0 bridgehead atoms. The molecule has 0 aliphatic carbocycles. The van der Waals surface area contributed by atoms with Crippen molar-refractivity contribution in [2.75, 3.05) is 13.2 Å². The Kier molecular flexibility index (Phi) is 56.9. The first-order chi connectivity index (χ1) is 34.6. The fraction of sp³-hybridized carbons (Fsp3) is 0.692. The second-order valence-electron chi connectivity index (χ2n) is 19.3. The highest BCUT2D eigenvalue weighted by Gasteiger charge is 2.16. The lowest BCUT2D eigenvalue weighted by Crippen LogP contribution is -2.28. The van der Waals surface area contributed by atoms with Crippen LogP contribution in [0.2, 0.25) is 0 Å². The van der Waals surface area contributed by atoms with E-state index in [2.05, 4.69) is 123 Å². The third kappa shape index (κ3) is 57.1. The van der Waals surface area contributed by atoms with Crippen LogP contribution in [0.5, 0.6) is 0 Å². The van der Waals surface area contributed by atoms with Crippen LogP contribution in [0.3, 0.4) is 0 Å². The summed E-state index contributed by atoms with van der Waals surface area (Å²) < 4.78 is 10.7. The van der Waals surface area contributed by atoms with Gasteiger partial charge in [0, 0.05) is 12.8 Å². The summed E-state index contributed by atoms with van der Waals surface area (Å²) >= 11 is 0. The van der Waals surface area contributed by atoms with Crippen LogP contribution in [0.4, 0.5) is 0 Å². The lowest BCUT2D eigenvalue weighted by molar-refractivity contribution is -0.161. The van der Waals surface area contributed by atoms with E-state index < -0.39 is 6.10 Å². The average Bonchev–Trinajstić information content (AvgIpc) is 3.36. The predicted molar refractivity (Wildman–Crippen MR) is 306 cm³/mol. The lowest BCUT2D eigenvalue weighted by Gasteiger charge is -2.15. The Morgan fingerprint density at radius 1 is 0.329 bits per heavy atom. The van der Waals surface area contributed by atoms with Crippen molar-refractivity contribution in [3.05, 3.63) is 109 Å². The molecule has 0 saturated heterocycles. The van der Waals surface area contributed by atoms with Crippen LogP contribution in [0.25, 0.3) is 0 Å². The predicted octanol–water partition coefficient (Wildman–Crippen LogP) is 20.1. The van der Waals surface area contributed by atoms with Gasteiger partial charge in [-0.05, 0) is 96.3 Å². The Bertz CT molecular complexity index is 1380. The molecule has 0 aliphatic heterocycles. The number of unbranched alkanes of at least 4 members (excludes halogenated alkanes) is 27. The number of hydrogen-bond donors (Lipinski definition) is 1. The van der Waals surface area contributed by atoms with Gasteiger partial charge in [0.1, 0.15) is 6.61 Å². The van der Waals surface area contributed by atoms with E-state index >= 15 is 0 Å². The monoisotopic (exact) mass is 971 g/mol. The molecule has 5 nitrogen and oxygen atoms in total. The van der Waals surface area contributed by atoms with Crippen molar-refractivity contribution in [1.29, 1.82) is 0 Å². The number of ether oxygens (including phenoxy) is 2. The standard InChI is InChI=1S/C65H110O5/c1-3-5-7-9-11-13-15-17-19-20-21-22-23-24-25-26-27-28-29-30-31-32-33-34-35-36-37-38-39-40-41-42-43-44-46-48-50-52-54-56-58-60-65(68)70-63(61-66)62-69-64(67)59-57-55-53-51-49-47-45-18-16-14-12-10-8-6-4-2/h5-8,11-14,17-19,21-22,24-25,27-28,45,63,66H,3-4,9-10,15-16,20,23,26,29-44,46-62H2,1-2H3/b7-5-,8-6-,13-11-,14-12-,19-17-,22-21-,25-24-,28-27-,45-18-. The van der Waals surface area contributed by atoms with E-state index in [1.54, 1.807) is 0 Å². The van der Waals surface area contributed by atoms with Crippen molar-refractivity contribution in [2.24, 2.45) is 0 Å². The number of hydrogen-bond acceptors (Lipinski definition) is 5. The molecule has 0 amide bonds. The number of rotatable bonds is 53. The lowest BCUT2D eigenvalue weighted by atomic mass is 10.0. The summed E-state index contributed by atoms with van der Waals surface area (Å²) in [7, 11) is 0. The second-order valence-corrected chi connectivity index (χ2v) is 19.3. The zero-order valence-electron chi connectivity index (χ0n) is 45.7. The molecular weight excluding hydrogens is 861 g/mol. The molecule has 400 valence electrons. The molecule has 1 N–H and O–H groups in total. The summed E-state index contributed by atoms with van der Waals surface area (Å²) in [6.45, 7) is 3.91. The Labute approximate surface area is 433 Å². The molecule has 0 aromatic rings. The summed E-state index contributed by atoms with van der Waals surface area (Å²) in [6.07, 6.45) is 86.6. The summed E-state index contributed by atoms with van der Waals surface area (Å²) in [5, 5.41) is 9.63. The molecule has 0 radical (unpaired) electrons. The van der Waals surface area contributed by atoms with Gasteiger partial charge in [-0.25, -0.2) is 0 Å². The average molecular weight is 972 g/mol. The topological polar surface area (TPSA) is 72.8 Å². The van der Waals surface area contributed by atoms with Crippen molar-refractivity contribution in [3.8, 4) is 0 Å². The summed E-state index contributed by atoms with van der Waals surface area (Å²) in [6, 6.07) is 0. The number of carbonyl (C=O) groups is 2. The molecule has 1 unspecified atom stereocenters. The molecule has 0 rings (SSSR count). The molecule has 5 heteroatoms. The molecule has 0 aromatic heterocycles. The Hall–Kier alpha value is -3.44. The second kappa shape index (κ2) is 59.9. The first-order valence-corrected chi connectivity index (χ1v) is 29.4. The van der Waals surface area contributed by atoms with Gasteiger partial charge in [-0.1, -0.05) is 271 Å². The fourth-order valence-electron chi connectivity index (χ4n) is 8.22. The van der Waals surface area contributed by atoms with Crippen LogP contribution < -0.4 is 0 Å². The van der Waals surface area contributed by atoms with Crippen LogP contribution in [0, 0.1) is 0 Å². The fourth-order valence-corrected chi connectivity index (χ4v) is 8.22. The van der Waals surface area contributed by atoms with Gasteiger partial charge in [0.25, 0.3) is 0 Å². The highest BCUT2D eigenvalue weighted by Crippen LogP contribution is 2.17. The van der Waals surface area contributed by atoms with Gasteiger partial charge in [0.15, 0.2) is 6.10 Å². The van der Waals surface area contributed by atoms with Crippen molar-refractivity contribution in [1.82, 2.24) is 0 Å². The molecule has 70 heavy (non-hydrogen) atoms. The molecule has 0 aromatic carbocycles. The van der Waals surface area contributed by atoms with Crippen LogP contribution >= 0.6 is 0 Å². The number of esters is 2. The third-order valence-electron chi connectivity index (χ3n) is 12.6. The third-order valence-corrected chi connectivity index (χ3v) is 12.6. The molecule has 0 aliphatic rings. The van der Waals surface area contributed by atoms with Gasteiger partial charge in [0.05, 0.1) is 6.61 Å². The van der Waals surface area contributed by atoms with Gasteiger partial charge in [-0.2, -0.15) is 0 Å². The molecule has 0 saturated carbocycles. The van der Waals surface area contributed by atoms with Crippen LogP contribution in [-0.4, -0.2) is 36.4 Å². The normalized spacial score (nSPS) is 13.0. The SMILES string of the molecule is CC/C=C\C/C=C\C/C=C\C/C=C\C/C=C\C/C=C\CCCCCCCCCCCCCCCCCCCCCCCCC(=O)OC(CO)COC(=O)CCCCCCC/C=C\C/C=C\C/C=C\CC. The molecule has 0 fully saturated rings. The Morgan fingerprint density at radius 2 is 0.571 bits per heavy atom. The maximum absolute atomic E-state index is 12.3. The van der Waals surface area contributed by atoms with E-state index in [4.69, 9.17) is 9.47 Å². The minimum Gasteiger partial charge on any atom is -0.462 e. The maximum atomic E-state index is 12.3. The van der Waals surface area contributed by atoms with Gasteiger partial charge in [-0.3, -0.25) is 9.59 Å². The summed E-state index contributed by atoms with van der Waals surface area (Å²) in [5.41, 5.74) is 0. The van der Waals surface area contributed by atoms with Crippen molar-refractivity contribution in [2.45, 2.75) is 277 Å². The highest BCUT2D eigenvalue weighted by molar-refractivity contribution is 5.70. The zero-order valence-corrected chi connectivity index (χ0v) is 45.7. The number of aliphatic hydroxyl groups is 1. The first kappa shape index (κ1) is 66.6. The largest absolute Gasteiger partial charge is 0.462 e. The number of aliphatic hydroxyl groups excluding tert-OH is 1. The van der Waals surface area contributed by atoms with Gasteiger partial charge in [0.2, 0.25) is 0 Å². The smallest absolute Gasteiger partial charge is 0.306 e. The minimum absolute atomic E-state index is 0.0763. The molecule has 0 heterocycles. The van der Waals surface area contributed by atoms with Gasteiger partial charge < -0.3 is 14.6 Å². The van der Waals surface area contributed by atoms with E-state index in [0.29, 0.717) is 12.8 Å². The van der Waals surface area contributed by atoms with E-state index in [1.165, 1.54) is 135 Å². The Balaban J connectivity index is 3.44. The highest BCUT2D eigenvalue weighted by atomic mass is 16.6. The van der Waals surface area contributed by atoms with Crippen LogP contribution in [0.15, 0.2) is 109 Å². The van der Waals surface area contributed by atoms with Crippen LogP contribution in [0.1, 0.15) is 271 Å². The van der Waals surface area contributed by atoms with Crippen molar-refractivity contribution in [3.63, 3.8) is 0 Å². The molecular formula is C65H110O5. The Morgan fingerprint density at radius 3 is 0.857 bits per heavy atom. The van der Waals surface area contributed by atoms with E-state index in [-0.39, 0.29) is 25.2 Å². The number of carbonyl (C=O) groups excluding carboxylic acids is 2. The summed E-state index contributed by atoms with van der Waals surface area (Å²) in [5.74, 6) is -0.606.